The molecule has 108 valence electrons. The molecular formula is C15H17ClFIN2. The lowest BCUT2D eigenvalue weighted by molar-refractivity contribution is 0.454. The van der Waals surface area contributed by atoms with Gasteiger partial charge in [-0.1, -0.05) is 12.8 Å². The normalized spacial score (nSPS) is 18.0. The Labute approximate surface area is 136 Å². The number of imidazole rings is 1. The molecule has 5 heteroatoms. The summed E-state index contributed by atoms with van der Waals surface area (Å²) in [6, 6.07) is 3.40. The van der Waals surface area contributed by atoms with Crippen LogP contribution in [0.5, 0.6) is 0 Å². The molecule has 0 N–H and O–H groups in total. The predicted molar refractivity (Wildman–Crippen MR) is 88.6 cm³/mol. The lowest BCUT2D eigenvalue weighted by atomic mass is 10.1. The van der Waals surface area contributed by atoms with E-state index in [9.17, 15) is 4.39 Å². The number of fused-ring (bicyclic) bond motifs is 1. The van der Waals surface area contributed by atoms with Gasteiger partial charge in [0.15, 0.2) is 0 Å². The molecule has 2 aromatic rings. The summed E-state index contributed by atoms with van der Waals surface area (Å²) >= 11 is 8.27. The number of hydrogen-bond acceptors (Lipinski definition) is 1. The third-order valence-corrected chi connectivity index (χ3v) is 5.11. The molecule has 0 radical (unpaired) electrons. The summed E-state index contributed by atoms with van der Waals surface area (Å²) in [5.74, 6) is 1.35. The Bertz CT molecular complexity index is 632. The van der Waals surface area contributed by atoms with E-state index in [-0.39, 0.29) is 11.2 Å². The van der Waals surface area contributed by atoms with Gasteiger partial charge >= 0.3 is 0 Å². The number of nitrogens with zero attached hydrogens (tertiary/aromatic N) is 2. The van der Waals surface area contributed by atoms with E-state index in [1.807, 2.05) is 29.5 Å². The van der Waals surface area contributed by atoms with Crippen molar-refractivity contribution in [1.29, 1.82) is 0 Å². The van der Waals surface area contributed by atoms with Crippen LogP contribution < -0.4 is 0 Å². The van der Waals surface area contributed by atoms with Crippen LogP contribution in [0.4, 0.5) is 4.39 Å². The van der Waals surface area contributed by atoms with Crippen molar-refractivity contribution >= 4 is 45.2 Å². The molecule has 1 unspecified atom stereocenters. The maximum Gasteiger partial charge on any atom is 0.138 e. The van der Waals surface area contributed by atoms with Gasteiger partial charge in [0.1, 0.15) is 11.6 Å². The van der Waals surface area contributed by atoms with E-state index in [0.717, 1.165) is 23.4 Å². The van der Waals surface area contributed by atoms with Crippen molar-refractivity contribution in [2.45, 2.75) is 44.5 Å². The molecule has 1 heterocycles. The predicted octanol–water partition coefficient (Wildman–Crippen LogP) is 5.27. The van der Waals surface area contributed by atoms with Crippen molar-refractivity contribution in [2.75, 3.05) is 0 Å². The first-order chi connectivity index (χ1) is 9.56. The number of benzene rings is 1. The molecule has 1 saturated carbocycles. The zero-order valence-corrected chi connectivity index (χ0v) is 14.3. The minimum absolute atomic E-state index is 0.162. The van der Waals surface area contributed by atoms with E-state index < -0.39 is 0 Å². The second-order valence-corrected chi connectivity index (χ2v) is 7.42. The highest BCUT2D eigenvalue weighted by molar-refractivity contribution is 14.1. The van der Waals surface area contributed by atoms with E-state index in [1.165, 1.54) is 25.7 Å². The Morgan fingerprint density at radius 3 is 2.80 bits per heavy atom. The van der Waals surface area contributed by atoms with E-state index in [1.54, 1.807) is 12.1 Å². The number of hydrogen-bond donors (Lipinski definition) is 0. The van der Waals surface area contributed by atoms with E-state index in [4.69, 9.17) is 11.6 Å². The van der Waals surface area contributed by atoms with Crippen LogP contribution in [0.15, 0.2) is 12.1 Å². The molecule has 2 nitrogen and oxygen atoms in total. The zero-order valence-electron chi connectivity index (χ0n) is 11.4. The zero-order chi connectivity index (χ0) is 14.3. The maximum absolute atomic E-state index is 13.9. The van der Waals surface area contributed by atoms with Crippen LogP contribution in [0.3, 0.4) is 0 Å². The van der Waals surface area contributed by atoms with Gasteiger partial charge in [0, 0.05) is 12.6 Å². The average Bonchev–Trinajstić information content (AvgIpc) is 3.00. The number of rotatable bonds is 3. The molecular weight excluding hydrogens is 390 g/mol. The topological polar surface area (TPSA) is 17.8 Å². The molecule has 1 atom stereocenters. The van der Waals surface area contributed by atoms with Gasteiger partial charge in [0.2, 0.25) is 0 Å². The van der Waals surface area contributed by atoms with Gasteiger partial charge in [-0.3, -0.25) is 0 Å². The fraction of sp³-hybridized carbons (Fsp3) is 0.533. The van der Waals surface area contributed by atoms with Gasteiger partial charge in [-0.05, 0) is 54.3 Å². The average molecular weight is 407 g/mol. The lowest BCUT2D eigenvalue weighted by Gasteiger charge is -2.15. The summed E-state index contributed by atoms with van der Waals surface area (Å²) in [4.78, 5) is 4.62. The first kappa shape index (κ1) is 14.6. The van der Waals surface area contributed by atoms with Gasteiger partial charge in [-0.25, -0.2) is 9.37 Å². The molecule has 1 aromatic carbocycles. The van der Waals surface area contributed by atoms with Crippen LogP contribution in [0.1, 0.15) is 43.8 Å². The number of aromatic nitrogens is 2. The van der Waals surface area contributed by atoms with E-state index in [2.05, 4.69) is 9.55 Å². The maximum atomic E-state index is 13.9. The summed E-state index contributed by atoms with van der Waals surface area (Å²) in [6.45, 7) is 2.83. The first-order valence-corrected chi connectivity index (χ1v) is 8.57. The molecule has 0 spiro atoms. The van der Waals surface area contributed by atoms with Crippen LogP contribution in [0.2, 0.25) is 0 Å². The second kappa shape index (κ2) is 5.79. The fourth-order valence-corrected chi connectivity index (χ4v) is 3.70. The van der Waals surface area contributed by atoms with Gasteiger partial charge < -0.3 is 4.57 Å². The highest BCUT2D eigenvalue weighted by Gasteiger charge is 2.21. The molecule has 0 amide bonds. The van der Waals surface area contributed by atoms with Crippen molar-refractivity contribution < 1.29 is 4.39 Å². The SMILES string of the molecule is CC(Cl)c1nc2cc(I)c(F)cc2n1CC1CCCC1. The third kappa shape index (κ3) is 2.69. The van der Waals surface area contributed by atoms with Crippen molar-refractivity contribution in [1.82, 2.24) is 9.55 Å². The highest BCUT2D eigenvalue weighted by Crippen LogP contribution is 2.32. The van der Waals surface area contributed by atoms with Gasteiger partial charge in [0.05, 0.1) is 20.0 Å². The smallest absolute Gasteiger partial charge is 0.138 e. The molecule has 1 aliphatic carbocycles. The van der Waals surface area contributed by atoms with Crippen molar-refractivity contribution in [3.63, 3.8) is 0 Å². The molecule has 0 saturated heterocycles. The van der Waals surface area contributed by atoms with Crippen molar-refractivity contribution in [3.8, 4) is 0 Å². The van der Waals surface area contributed by atoms with Gasteiger partial charge in [0.25, 0.3) is 0 Å². The van der Waals surface area contributed by atoms with Crippen LogP contribution in [0.25, 0.3) is 11.0 Å². The Morgan fingerprint density at radius 2 is 2.15 bits per heavy atom. The summed E-state index contributed by atoms with van der Waals surface area (Å²) in [5, 5.41) is -0.162. The van der Waals surface area contributed by atoms with Crippen molar-refractivity contribution in [2.24, 2.45) is 5.92 Å². The Hall–Kier alpha value is -0.360. The Morgan fingerprint density at radius 1 is 1.45 bits per heavy atom. The largest absolute Gasteiger partial charge is 0.326 e. The van der Waals surface area contributed by atoms with E-state index >= 15 is 0 Å². The monoisotopic (exact) mass is 406 g/mol. The molecule has 1 fully saturated rings. The second-order valence-electron chi connectivity index (χ2n) is 5.60. The Balaban J connectivity index is 2.10. The third-order valence-electron chi connectivity index (χ3n) is 4.09. The fourth-order valence-electron chi connectivity index (χ4n) is 3.09. The van der Waals surface area contributed by atoms with E-state index in [0.29, 0.717) is 9.49 Å². The first-order valence-electron chi connectivity index (χ1n) is 7.05. The molecule has 20 heavy (non-hydrogen) atoms. The van der Waals surface area contributed by atoms with Crippen LogP contribution in [0, 0.1) is 15.3 Å². The van der Waals surface area contributed by atoms with Crippen molar-refractivity contribution in [3.05, 3.63) is 27.3 Å². The van der Waals surface area contributed by atoms with Gasteiger partial charge in [-0.2, -0.15) is 0 Å². The molecule has 1 aliphatic rings. The number of alkyl halides is 1. The molecule has 0 bridgehead atoms. The summed E-state index contributed by atoms with van der Waals surface area (Å²) in [6.07, 6.45) is 5.11. The van der Waals surface area contributed by atoms with Crippen LogP contribution in [-0.2, 0) is 6.54 Å². The highest BCUT2D eigenvalue weighted by atomic mass is 127. The lowest BCUT2D eigenvalue weighted by Crippen LogP contribution is -2.11. The number of halogens is 3. The standard InChI is InChI=1S/C15H17ClFIN2/c1-9(16)15-19-13-7-12(18)11(17)6-14(13)20(15)8-10-4-2-3-5-10/h6-7,9-10H,2-5,8H2,1H3. The Kier molecular flexibility index (Phi) is 4.22. The molecule has 0 aliphatic heterocycles. The van der Waals surface area contributed by atoms with Gasteiger partial charge in [-0.15, -0.1) is 11.6 Å². The molecule has 1 aromatic heterocycles. The summed E-state index contributed by atoms with van der Waals surface area (Å²) in [5.41, 5.74) is 1.72. The minimum atomic E-state index is -0.181. The van der Waals surface area contributed by atoms with Crippen LogP contribution >= 0.6 is 34.2 Å². The quantitative estimate of drug-likeness (QED) is 0.501. The summed E-state index contributed by atoms with van der Waals surface area (Å²) in [7, 11) is 0. The van der Waals surface area contributed by atoms with Crippen LogP contribution in [-0.4, -0.2) is 9.55 Å². The molecule has 3 rings (SSSR count). The summed E-state index contributed by atoms with van der Waals surface area (Å²) < 4.78 is 16.6. The minimum Gasteiger partial charge on any atom is -0.326 e.